The van der Waals surface area contributed by atoms with Crippen LogP contribution >= 0.6 is 0 Å². The largest absolute Gasteiger partial charge is 0.459 e. The van der Waals surface area contributed by atoms with Crippen LogP contribution in [0.25, 0.3) is 11.0 Å². The van der Waals surface area contributed by atoms with Crippen LogP contribution in [0.1, 0.15) is 17.7 Å². The molecule has 1 N–H and O–H groups in total. The zero-order valence-electron chi connectivity index (χ0n) is 12.2. The summed E-state index contributed by atoms with van der Waals surface area (Å²) in [6.07, 6.45) is 1.76. The fourth-order valence-corrected chi connectivity index (χ4v) is 4.05. The maximum Gasteiger partial charge on any atom is 0.220 e. The van der Waals surface area contributed by atoms with Crippen molar-refractivity contribution in [2.24, 2.45) is 5.92 Å². The average Bonchev–Trinajstić information content (AvgIpc) is 2.97. The summed E-state index contributed by atoms with van der Waals surface area (Å²) in [5.41, 5.74) is 1.81. The van der Waals surface area contributed by atoms with Crippen LogP contribution < -0.4 is 5.32 Å². The molecule has 0 spiro atoms. The van der Waals surface area contributed by atoms with Crippen molar-refractivity contribution >= 4 is 26.7 Å². The second-order valence-corrected chi connectivity index (χ2v) is 7.48. The molecule has 6 heteroatoms. The number of sulfone groups is 1. The number of carbonyl (C=O) groups is 1. The van der Waals surface area contributed by atoms with Gasteiger partial charge in [0, 0.05) is 28.7 Å². The summed E-state index contributed by atoms with van der Waals surface area (Å²) >= 11 is 0. The highest BCUT2D eigenvalue weighted by Crippen LogP contribution is 2.25. The van der Waals surface area contributed by atoms with Gasteiger partial charge in [-0.3, -0.25) is 4.79 Å². The minimum Gasteiger partial charge on any atom is -0.459 e. The lowest BCUT2D eigenvalue weighted by atomic mass is 10.1. The molecule has 1 aromatic carbocycles. The number of benzene rings is 1. The van der Waals surface area contributed by atoms with E-state index >= 15 is 0 Å². The van der Waals surface area contributed by atoms with E-state index in [1.165, 1.54) is 5.41 Å². The first kappa shape index (κ1) is 14.8. The minimum atomic E-state index is -3.11. The van der Waals surface area contributed by atoms with Crippen molar-refractivity contribution in [3.8, 4) is 0 Å². The molecular formula is C16H17NO4S. The molecule has 0 fully saturated rings. The zero-order valence-corrected chi connectivity index (χ0v) is 13.0. The molecule has 1 aromatic heterocycles. The molecule has 5 nitrogen and oxygen atoms in total. The number of nitrogens with one attached hydrogen (secondary N) is 1. The normalized spacial score (nSPS) is 19.6. The summed E-state index contributed by atoms with van der Waals surface area (Å²) in [5.74, 6) is 0.335. The van der Waals surface area contributed by atoms with E-state index in [0.29, 0.717) is 6.54 Å². The first-order chi connectivity index (χ1) is 10.4. The summed E-state index contributed by atoms with van der Waals surface area (Å²) in [5, 5.41) is 5.02. The molecule has 1 unspecified atom stereocenters. The Kier molecular flexibility index (Phi) is 3.78. The monoisotopic (exact) mass is 319 g/mol. The van der Waals surface area contributed by atoms with E-state index in [9.17, 15) is 13.2 Å². The van der Waals surface area contributed by atoms with E-state index in [0.717, 1.165) is 22.3 Å². The maximum absolute atomic E-state index is 11.9. The van der Waals surface area contributed by atoms with Gasteiger partial charge in [-0.2, -0.15) is 0 Å². The van der Waals surface area contributed by atoms with Gasteiger partial charge in [0.2, 0.25) is 5.91 Å². The molecule has 1 aliphatic rings. The number of aryl methyl sites for hydroxylation is 1. The van der Waals surface area contributed by atoms with Gasteiger partial charge in [0.05, 0.1) is 12.3 Å². The van der Waals surface area contributed by atoms with Crippen LogP contribution in [-0.4, -0.2) is 20.1 Å². The zero-order chi connectivity index (χ0) is 15.7. The molecule has 0 saturated carbocycles. The van der Waals surface area contributed by atoms with Gasteiger partial charge in [-0.1, -0.05) is 24.3 Å². The Morgan fingerprint density at radius 2 is 2.14 bits per heavy atom. The van der Waals surface area contributed by atoms with Crippen molar-refractivity contribution in [2.75, 3.05) is 5.75 Å². The van der Waals surface area contributed by atoms with Gasteiger partial charge in [0.15, 0.2) is 9.84 Å². The molecule has 116 valence electrons. The van der Waals surface area contributed by atoms with Crippen LogP contribution in [0.15, 0.2) is 40.2 Å². The predicted molar refractivity (Wildman–Crippen MR) is 83.8 cm³/mol. The Labute approximate surface area is 128 Å². The highest BCUT2D eigenvalue weighted by molar-refractivity contribution is 7.94. The van der Waals surface area contributed by atoms with Crippen LogP contribution in [-0.2, 0) is 21.2 Å². The summed E-state index contributed by atoms with van der Waals surface area (Å²) in [4.78, 5) is 11.9. The molecular weight excluding hydrogens is 302 g/mol. The number of amides is 1. The van der Waals surface area contributed by atoms with E-state index in [4.69, 9.17) is 4.42 Å². The Bertz CT molecular complexity index is 848. The molecule has 0 radical (unpaired) electrons. The number of hydrogen-bond donors (Lipinski definition) is 1. The van der Waals surface area contributed by atoms with Crippen molar-refractivity contribution in [1.82, 2.24) is 5.32 Å². The van der Waals surface area contributed by atoms with Crippen molar-refractivity contribution in [3.63, 3.8) is 0 Å². The van der Waals surface area contributed by atoms with E-state index in [1.807, 2.05) is 31.2 Å². The number of carbonyl (C=O) groups excluding carboxylic acids is 1. The van der Waals surface area contributed by atoms with Gasteiger partial charge in [-0.15, -0.1) is 0 Å². The number of para-hydroxylation sites is 1. The smallest absolute Gasteiger partial charge is 0.220 e. The van der Waals surface area contributed by atoms with Crippen molar-refractivity contribution in [1.29, 1.82) is 0 Å². The van der Waals surface area contributed by atoms with Gasteiger partial charge >= 0.3 is 0 Å². The third kappa shape index (κ3) is 3.06. The van der Waals surface area contributed by atoms with Gasteiger partial charge < -0.3 is 9.73 Å². The molecule has 0 aliphatic carbocycles. The van der Waals surface area contributed by atoms with E-state index in [-0.39, 0.29) is 24.0 Å². The SMILES string of the molecule is Cc1c(CNC(=O)CC2C=CS(=O)(=O)C2)oc2ccccc12. The van der Waals surface area contributed by atoms with E-state index in [2.05, 4.69) is 5.32 Å². The highest BCUT2D eigenvalue weighted by atomic mass is 32.2. The maximum atomic E-state index is 11.9. The number of hydrogen-bond acceptors (Lipinski definition) is 4. The summed E-state index contributed by atoms with van der Waals surface area (Å²) < 4.78 is 28.4. The number of fused-ring (bicyclic) bond motifs is 1. The van der Waals surface area contributed by atoms with Crippen LogP contribution in [0, 0.1) is 12.8 Å². The lowest BCUT2D eigenvalue weighted by Crippen LogP contribution is -2.25. The topological polar surface area (TPSA) is 76.4 Å². The van der Waals surface area contributed by atoms with Crippen molar-refractivity contribution < 1.29 is 17.6 Å². The standard InChI is InChI=1S/C16H17NO4S/c1-11-13-4-2-3-5-14(13)21-15(11)9-17-16(18)8-12-6-7-22(19,20)10-12/h2-7,12H,8-10H2,1H3,(H,17,18). The molecule has 2 aromatic rings. The fourth-order valence-electron chi connectivity index (χ4n) is 2.65. The lowest BCUT2D eigenvalue weighted by molar-refractivity contribution is -0.121. The molecule has 3 rings (SSSR count). The molecule has 1 aliphatic heterocycles. The average molecular weight is 319 g/mol. The first-order valence-corrected chi connectivity index (χ1v) is 8.81. The number of furan rings is 1. The first-order valence-electron chi connectivity index (χ1n) is 7.09. The Hall–Kier alpha value is -2.08. The summed E-state index contributed by atoms with van der Waals surface area (Å²) in [6, 6.07) is 7.72. The minimum absolute atomic E-state index is 0.0179. The summed E-state index contributed by atoms with van der Waals surface area (Å²) in [7, 11) is -3.11. The molecule has 0 bridgehead atoms. The predicted octanol–water partition coefficient (Wildman–Crippen LogP) is 2.31. The van der Waals surface area contributed by atoms with Gasteiger partial charge in [0.1, 0.15) is 11.3 Å². The second-order valence-electron chi connectivity index (χ2n) is 5.55. The van der Waals surface area contributed by atoms with E-state index < -0.39 is 9.84 Å². The molecule has 1 atom stereocenters. The van der Waals surface area contributed by atoms with Gasteiger partial charge in [-0.25, -0.2) is 8.42 Å². The Balaban J connectivity index is 1.61. The van der Waals surface area contributed by atoms with Crippen LogP contribution in [0.2, 0.25) is 0 Å². The van der Waals surface area contributed by atoms with Crippen LogP contribution in [0.3, 0.4) is 0 Å². The van der Waals surface area contributed by atoms with Crippen LogP contribution in [0.4, 0.5) is 0 Å². The third-order valence-corrected chi connectivity index (χ3v) is 5.31. The lowest BCUT2D eigenvalue weighted by Gasteiger charge is -2.07. The number of rotatable bonds is 4. The quantitative estimate of drug-likeness (QED) is 0.938. The Morgan fingerprint density at radius 1 is 1.36 bits per heavy atom. The summed E-state index contributed by atoms with van der Waals surface area (Å²) in [6.45, 7) is 2.27. The van der Waals surface area contributed by atoms with Gasteiger partial charge in [0.25, 0.3) is 0 Å². The molecule has 22 heavy (non-hydrogen) atoms. The Morgan fingerprint density at radius 3 is 2.82 bits per heavy atom. The fraction of sp³-hybridized carbons (Fsp3) is 0.312. The van der Waals surface area contributed by atoms with Crippen LogP contribution in [0.5, 0.6) is 0 Å². The second kappa shape index (κ2) is 5.61. The highest BCUT2D eigenvalue weighted by Gasteiger charge is 2.23. The third-order valence-electron chi connectivity index (χ3n) is 3.84. The van der Waals surface area contributed by atoms with E-state index in [1.54, 1.807) is 6.08 Å². The molecule has 1 amide bonds. The number of allylic oxidation sites excluding steroid dienone is 1. The van der Waals surface area contributed by atoms with Gasteiger partial charge in [-0.05, 0) is 13.0 Å². The molecule has 2 heterocycles. The van der Waals surface area contributed by atoms with Crippen molar-refractivity contribution in [2.45, 2.75) is 19.9 Å². The molecule has 0 saturated heterocycles. The van der Waals surface area contributed by atoms with Crippen molar-refractivity contribution in [3.05, 3.63) is 47.1 Å².